The number of hydrogen-bond acceptors (Lipinski definition) is 3. The topological polar surface area (TPSA) is 64.3 Å². The van der Waals surface area contributed by atoms with Gasteiger partial charge in [-0.05, 0) is 57.4 Å². The van der Waals surface area contributed by atoms with Crippen molar-refractivity contribution in [2.24, 2.45) is 23.0 Å². The van der Waals surface area contributed by atoms with Gasteiger partial charge in [-0.25, -0.2) is 4.79 Å². The normalized spacial score (nSPS) is 30.9. The Bertz CT molecular complexity index is 378. The highest BCUT2D eigenvalue weighted by molar-refractivity contribution is 5.69. The molecule has 0 heterocycles. The van der Waals surface area contributed by atoms with Gasteiger partial charge in [-0.1, -0.05) is 26.7 Å². The maximum Gasteiger partial charge on any atom is 0.408 e. The molecule has 0 aliphatic heterocycles. The van der Waals surface area contributed by atoms with Crippen LogP contribution in [-0.2, 0) is 4.74 Å². The Labute approximate surface area is 122 Å². The third-order valence-corrected chi connectivity index (χ3v) is 5.15. The summed E-state index contributed by atoms with van der Waals surface area (Å²) in [6.45, 7) is 10.9. The lowest BCUT2D eigenvalue weighted by Crippen LogP contribution is -2.51. The van der Waals surface area contributed by atoms with Crippen LogP contribution in [0.1, 0.15) is 60.3 Å². The van der Waals surface area contributed by atoms with Crippen LogP contribution in [0.3, 0.4) is 0 Å². The van der Waals surface area contributed by atoms with Gasteiger partial charge >= 0.3 is 6.09 Å². The van der Waals surface area contributed by atoms with E-state index in [9.17, 15) is 4.79 Å². The van der Waals surface area contributed by atoms with Gasteiger partial charge in [-0.15, -0.1) is 0 Å². The Morgan fingerprint density at radius 3 is 2.25 bits per heavy atom. The summed E-state index contributed by atoms with van der Waals surface area (Å²) >= 11 is 0. The first kappa shape index (κ1) is 15.6. The number of carbonyl (C=O) groups excluding carboxylic acids is 1. The number of alkyl carbamates (subject to hydrolysis) is 1. The summed E-state index contributed by atoms with van der Waals surface area (Å²) < 4.78 is 5.46. The van der Waals surface area contributed by atoms with E-state index < -0.39 is 5.60 Å². The number of carbonyl (C=O) groups is 1. The van der Waals surface area contributed by atoms with Gasteiger partial charge in [-0.3, -0.25) is 0 Å². The highest BCUT2D eigenvalue weighted by Crippen LogP contribution is 2.65. The first-order chi connectivity index (χ1) is 9.12. The average molecular weight is 282 g/mol. The minimum absolute atomic E-state index is 0.101. The van der Waals surface area contributed by atoms with Crippen molar-refractivity contribution in [3.8, 4) is 0 Å². The molecule has 2 aliphatic carbocycles. The third-order valence-electron chi connectivity index (χ3n) is 5.15. The van der Waals surface area contributed by atoms with Crippen LogP contribution >= 0.6 is 0 Å². The second-order valence-corrected chi connectivity index (χ2v) is 8.13. The van der Waals surface area contributed by atoms with E-state index >= 15 is 0 Å². The Balaban J connectivity index is 2.10. The highest BCUT2D eigenvalue weighted by atomic mass is 16.6. The largest absolute Gasteiger partial charge is 0.444 e. The van der Waals surface area contributed by atoms with Crippen LogP contribution in [0.15, 0.2) is 0 Å². The molecule has 2 fully saturated rings. The van der Waals surface area contributed by atoms with Crippen LogP contribution in [0, 0.1) is 17.3 Å². The van der Waals surface area contributed by atoms with Crippen LogP contribution in [0.5, 0.6) is 0 Å². The smallest absolute Gasteiger partial charge is 0.408 e. The van der Waals surface area contributed by atoms with E-state index in [1.807, 2.05) is 20.8 Å². The maximum atomic E-state index is 12.2. The van der Waals surface area contributed by atoms with Crippen molar-refractivity contribution in [3.63, 3.8) is 0 Å². The Kier molecular flexibility index (Phi) is 3.83. The Hall–Kier alpha value is -0.770. The van der Waals surface area contributed by atoms with Crippen molar-refractivity contribution in [1.29, 1.82) is 0 Å². The van der Waals surface area contributed by atoms with Gasteiger partial charge in [0.15, 0.2) is 0 Å². The molecule has 0 aromatic heterocycles. The molecule has 0 aromatic carbocycles. The first-order valence-corrected chi connectivity index (χ1v) is 7.84. The van der Waals surface area contributed by atoms with E-state index in [4.69, 9.17) is 10.5 Å². The maximum absolute atomic E-state index is 12.2. The molecule has 2 atom stereocenters. The lowest BCUT2D eigenvalue weighted by Gasteiger charge is -2.33. The molecule has 0 bridgehead atoms. The fraction of sp³-hybridized carbons (Fsp3) is 0.938. The van der Waals surface area contributed by atoms with Gasteiger partial charge < -0.3 is 15.8 Å². The van der Waals surface area contributed by atoms with E-state index in [0.29, 0.717) is 18.4 Å². The molecule has 2 rings (SSSR count). The van der Waals surface area contributed by atoms with Crippen molar-refractivity contribution in [3.05, 3.63) is 0 Å². The van der Waals surface area contributed by atoms with Crippen molar-refractivity contribution < 1.29 is 9.53 Å². The number of nitrogens with two attached hydrogens (primary N) is 1. The van der Waals surface area contributed by atoms with E-state index in [1.54, 1.807) is 0 Å². The number of rotatable bonds is 3. The zero-order valence-electron chi connectivity index (χ0n) is 13.6. The quantitative estimate of drug-likeness (QED) is 0.836. The summed E-state index contributed by atoms with van der Waals surface area (Å²) in [5.74, 6) is 0.991. The molecule has 2 aliphatic rings. The molecular weight excluding hydrogens is 252 g/mol. The van der Waals surface area contributed by atoms with Crippen LogP contribution in [0.2, 0.25) is 0 Å². The number of nitrogens with one attached hydrogen (secondary N) is 1. The van der Waals surface area contributed by atoms with Crippen LogP contribution in [0.25, 0.3) is 0 Å². The van der Waals surface area contributed by atoms with Crippen LogP contribution in [0.4, 0.5) is 4.79 Å². The van der Waals surface area contributed by atoms with Crippen molar-refractivity contribution in [2.45, 2.75) is 71.4 Å². The standard InChI is InChI=1S/C16H30N2O2/c1-14(2,3)20-13(19)18-16(8-6-7-9-16)12-11(10-17)15(12,4)5/h11-12H,6-10,17H2,1-5H3,(H,18,19)/t11-,12-/m1/s1. The van der Waals surface area contributed by atoms with Crippen LogP contribution in [-0.4, -0.2) is 23.8 Å². The van der Waals surface area contributed by atoms with Crippen molar-refractivity contribution in [1.82, 2.24) is 5.32 Å². The summed E-state index contributed by atoms with van der Waals surface area (Å²) in [5, 5.41) is 3.21. The van der Waals surface area contributed by atoms with E-state index in [1.165, 1.54) is 12.8 Å². The van der Waals surface area contributed by atoms with Crippen molar-refractivity contribution in [2.75, 3.05) is 6.54 Å². The van der Waals surface area contributed by atoms with Gasteiger partial charge in [0, 0.05) is 5.54 Å². The van der Waals surface area contributed by atoms with Gasteiger partial charge in [0.1, 0.15) is 5.60 Å². The summed E-state index contributed by atoms with van der Waals surface area (Å²) in [5.41, 5.74) is 5.60. The second-order valence-electron chi connectivity index (χ2n) is 8.13. The molecule has 0 spiro atoms. The Morgan fingerprint density at radius 1 is 1.30 bits per heavy atom. The van der Waals surface area contributed by atoms with Gasteiger partial charge in [0.2, 0.25) is 0 Å². The number of hydrogen-bond donors (Lipinski definition) is 2. The molecule has 3 N–H and O–H groups in total. The predicted octanol–water partition coefficient (Wildman–Crippen LogP) is 3.05. The fourth-order valence-electron chi connectivity index (χ4n) is 4.31. The Morgan fingerprint density at radius 2 is 1.85 bits per heavy atom. The molecule has 0 radical (unpaired) electrons. The van der Waals surface area contributed by atoms with Gasteiger partial charge in [-0.2, -0.15) is 0 Å². The molecule has 4 heteroatoms. The molecule has 20 heavy (non-hydrogen) atoms. The zero-order chi connectivity index (χ0) is 15.2. The lowest BCUT2D eigenvalue weighted by molar-refractivity contribution is 0.0430. The molecule has 0 aromatic rings. The van der Waals surface area contributed by atoms with Gasteiger partial charge in [0.05, 0.1) is 0 Å². The molecule has 116 valence electrons. The molecule has 0 unspecified atom stereocenters. The lowest BCUT2D eigenvalue weighted by atomic mass is 9.86. The van der Waals surface area contributed by atoms with Gasteiger partial charge in [0.25, 0.3) is 0 Å². The third kappa shape index (κ3) is 2.80. The molecule has 2 saturated carbocycles. The summed E-state index contributed by atoms with van der Waals surface area (Å²) in [6.07, 6.45) is 4.19. The second kappa shape index (κ2) is 4.90. The number of ether oxygens (including phenoxy) is 1. The summed E-state index contributed by atoms with van der Waals surface area (Å²) in [7, 11) is 0. The SMILES string of the molecule is CC(C)(C)OC(=O)NC1([C@@H]2[C@@H](CN)C2(C)C)CCCC1. The van der Waals surface area contributed by atoms with E-state index in [-0.39, 0.29) is 17.0 Å². The summed E-state index contributed by atoms with van der Waals surface area (Å²) in [6, 6.07) is 0. The molecule has 4 nitrogen and oxygen atoms in total. The molecule has 0 saturated heterocycles. The highest BCUT2D eigenvalue weighted by Gasteiger charge is 2.66. The predicted molar refractivity (Wildman–Crippen MR) is 80.4 cm³/mol. The molecular formula is C16H30N2O2. The van der Waals surface area contributed by atoms with E-state index in [2.05, 4.69) is 19.2 Å². The zero-order valence-corrected chi connectivity index (χ0v) is 13.6. The summed E-state index contributed by atoms with van der Waals surface area (Å²) in [4.78, 5) is 12.2. The van der Waals surface area contributed by atoms with Crippen LogP contribution < -0.4 is 11.1 Å². The fourth-order valence-corrected chi connectivity index (χ4v) is 4.31. The average Bonchev–Trinajstić information content (AvgIpc) is 2.65. The molecule has 1 amide bonds. The number of amides is 1. The first-order valence-electron chi connectivity index (χ1n) is 7.84. The minimum Gasteiger partial charge on any atom is -0.444 e. The van der Waals surface area contributed by atoms with Crippen molar-refractivity contribution >= 4 is 6.09 Å². The monoisotopic (exact) mass is 282 g/mol. The van der Waals surface area contributed by atoms with E-state index in [0.717, 1.165) is 12.8 Å². The minimum atomic E-state index is -0.448.